The smallest absolute Gasteiger partial charge is 0.246 e. The first-order chi connectivity index (χ1) is 8.99. The van der Waals surface area contributed by atoms with Gasteiger partial charge in [-0.3, -0.25) is 4.79 Å². The fourth-order valence-corrected chi connectivity index (χ4v) is 1.64. The van der Waals surface area contributed by atoms with Gasteiger partial charge in [0.1, 0.15) is 0 Å². The van der Waals surface area contributed by atoms with E-state index < -0.39 is 0 Å². The van der Waals surface area contributed by atoms with Crippen molar-refractivity contribution >= 4 is 17.7 Å². The fourth-order valence-electron chi connectivity index (χ4n) is 1.64. The summed E-state index contributed by atoms with van der Waals surface area (Å²) in [5, 5.41) is 0. The summed E-state index contributed by atoms with van der Waals surface area (Å²) >= 11 is 0. The van der Waals surface area contributed by atoms with Gasteiger partial charge in [-0.25, -0.2) is 0 Å². The van der Waals surface area contributed by atoms with E-state index in [-0.39, 0.29) is 5.91 Å². The van der Waals surface area contributed by atoms with Crippen molar-refractivity contribution in [2.45, 2.75) is 6.42 Å². The van der Waals surface area contributed by atoms with Crippen molar-refractivity contribution in [2.24, 2.45) is 0 Å². The van der Waals surface area contributed by atoms with Gasteiger partial charge in [0.25, 0.3) is 0 Å². The molecule has 0 heterocycles. The molecule has 1 aromatic rings. The van der Waals surface area contributed by atoms with E-state index in [1.807, 2.05) is 51.5 Å². The van der Waals surface area contributed by atoms with Crippen molar-refractivity contribution in [3.63, 3.8) is 0 Å². The molecule has 19 heavy (non-hydrogen) atoms. The molecule has 0 aliphatic rings. The molecule has 0 atom stereocenters. The van der Waals surface area contributed by atoms with Crippen LogP contribution in [0.25, 0.3) is 6.08 Å². The molecule has 1 rings (SSSR count). The zero-order chi connectivity index (χ0) is 14.3. The van der Waals surface area contributed by atoms with Crippen molar-refractivity contribution in [3.05, 3.63) is 35.9 Å². The highest BCUT2D eigenvalue weighted by molar-refractivity contribution is 5.91. The average Bonchev–Trinajstić information content (AvgIpc) is 2.37. The summed E-state index contributed by atoms with van der Waals surface area (Å²) in [5.41, 5.74) is 7.31. The molecule has 0 spiro atoms. The fraction of sp³-hybridized carbons (Fsp3) is 0.400. The number of carbonyl (C=O) groups excluding carboxylic acids is 1. The van der Waals surface area contributed by atoms with E-state index in [0.29, 0.717) is 0 Å². The largest absolute Gasteiger partial charge is 0.399 e. The molecule has 0 aliphatic heterocycles. The Morgan fingerprint density at radius 2 is 1.79 bits per heavy atom. The lowest BCUT2D eigenvalue weighted by Crippen LogP contribution is -2.28. The van der Waals surface area contributed by atoms with Gasteiger partial charge in [-0.05, 0) is 50.8 Å². The van der Waals surface area contributed by atoms with Crippen LogP contribution in [0.15, 0.2) is 30.3 Å². The Morgan fingerprint density at radius 3 is 2.37 bits per heavy atom. The maximum absolute atomic E-state index is 11.9. The minimum atomic E-state index is 0.0237. The van der Waals surface area contributed by atoms with Gasteiger partial charge >= 0.3 is 0 Å². The Labute approximate surface area is 115 Å². The number of nitrogen functional groups attached to an aromatic ring is 1. The third kappa shape index (κ3) is 6.06. The first-order valence-corrected chi connectivity index (χ1v) is 6.42. The lowest BCUT2D eigenvalue weighted by Gasteiger charge is -2.16. The van der Waals surface area contributed by atoms with Crippen LogP contribution in [0.1, 0.15) is 12.0 Å². The Hall–Kier alpha value is -1.81. The summed E-state index contributed by atoms with van der Waals surface area (Å²) in [7, 11) is 5.89. The Kier molecular flexibility index (Phi) is 6.09. The maximum Gasteiger partial charge on any atom is 0.246 e. The predicted octanol–water partition coefficient (Wildman–Crippen LogP) is 1.69. The maximum atomic E-state index is 11.9. The first kappa shape index (κ1) is 15.2. The second-order valence-electron chi connectivity index (χ2n) is 4.92. The molecule has 0 aliphatic carbocycles. The summed E-state index contributed by atoms with van der Waals surface area (Å²) in [4.78, 5) is 15.7. The number of nitrogens with two attached hydrogens (primary N) is 1. The molecule has 1 amide bonds. The van der Waals surface area contributed by atoms with E-state index in [0.717, 1.165) is 30.8 Å². The van der Waals surface area contributed by atoms with Gasteiger partial charge in [0, 0.05) is 25.4 Å². The summed E-state index contributed by atoms with van der Waals surface area (Å²) in [6.45, 7) is 1.75. The minimum absolute atomic E-state index is 0.0237. The van der Waals surface area contributed by atoms with Crippen LogP contribution in [-0.4, -0.2) is 49.9 Å². The van der Waals surface area contributed by atoms with Gasteiger partial charge in [0.05, 0.1) is 0 Å². The SMILES string of the molecule is CN(C)CCCN(C)C(=O)/C=C/c1ccc(N)cc1. The lowest BCUT2D eigenvalue weighted by atomic mass is 10.2. The zero-order valence-electron chi connectivity index (χ0n) is 12.0. The molecule has 0 bridgehead atoms. The van der Waals surface area contributed by atoms with Crippen LogP contribution in [0.5, 0.6) is 0 Å². The molecule has 4 heteroatoms. The number of hydrogen-bond acceptors (Lipinski definition) is 3. The molecule has 2 N–H and O–H groups in total. The van der Waals surface area contributed by atoms with Crippen LogP contribution >= 0.6 is 0 Å². The molecule has 0 saturated heterocycles. The highest BCUT2D eigenvalue weighted by Gasteiger charge is 2.04. The minimum Gasteiger partial charge on any atom is -0.399 e. The van der Waals surface area contributed by atoms with Gasteiger partial charge in [-0.15, -0.1) is 0 Å². The van der Waals surface area contributed by atoms with E-state index in [1.54, 1.807) is 11.0 Å². The van der Waals surface area contributed by atoms with Crippen LogP contribution in [0.4, 0.5) is 5.69 Å². The Bertz CT molecular complexity index is 424. The van der Waals surface area contributed by atoms with Crippen molar-refractivity contribution in [1.82, 2.24) is 9.80 Å². The molecule has 0 saturated carbocycles. The second kappa shape index (κ2) is 7.59. The number of anilines is 1. The Balaban J connectivity index is 2.42. The van der Waals surface area contributed by atoms with Gasteiger partial charge in [-0.2, -0.15) is 0 Å². The van der Waals surface area contributed by atoms with Gasteiger partial charge in [0.15, 0.2) is 0 Å². The number of amides is 1. The number of likely N-dealkylation sites (N-methyl/N-ethyl adjacent to an activating group) is 1. The first-order valence-electron chi connectivity index (χ1n) is 6.42. The van der Waals surface area contributed by atoms with Gasteiger partial charge < -0.3 is 15.5 Å². The van der Waals surface area contributed by atoms with E-state index in [1.165, 1.54) is 0 Å². The highest BCUT2D eigenvalue weighted by atomic mass is 16.2. The van der Waals surface area contributed by atoms with Crippen molar-refractivity contribution in [3.8, 4) is 0 Å². The normalized spacial score (nSPS) is 11.2. The zero-order valence-corrected chi connectivity index (χ0v) is 12.0. The summed E-state index contributed by atoms with van der Waals surface area (Å²) in [6.07, 6.45) is 4.39. The molecule has 0 aromatic heterocycles. The summed E-state index contributed by atoms with van der Waals surface area (Å²) in [5.74, 6) is 0.0237. The van der Waals surface area contributed by atoms with E-state index >= 15 is 0 Å². The lowest BCUT2D eigenvalue weighted by molar-refractivity contribution is -0.124. The topological polar surface area (TPSA) is 49.6 Å². The third-order valence-corrected chi connectivity index (χ3v) is 2.83. The van der Waals surface area contributed by atoms with Gasteiger partial charge in [-0.1, -0.05) is 12.1 Å². The van der Waals surface area contributed by atoms with Crippen LogP contribution in [0.2, 0.25) is 0 Å². The molecule has 4 nitrogen and oxygen atoms in total. The second-order valence-corrected chi connectivity index (χ2v) is 4.92. The monoisotopic (exact) mass is 261 g/mol. The standard InChI is InChI=1S/C15H23N3O/c1-17(2)11-4-12-18(3)15(19)10-7-13-5-8-14(16)9-6-13/h5-10H,4,11-12,16H2,1-3H3/b10-7+. The van der Waals surface area contributed by atoms with E-state index in [4.69, 9.17) is 5.73 Å². The van der Waals surface area contributed by atoms with Crippen molar-refractivity contribution < 1.29 is 4.79 Å². The van der Waals surface area contributed by atoms with E-state index in [9.17, 15) is 4.79 Å². The average molecular weight is 261 g/mol. The quantitative estimate of drug-likeness (QED) is 0.626. The third-order valence-electron chi connectivity index (χ3n) is 2.83. The summed E-state index contributed by atoms with van der Waals surface area (Å²) in [6, 6.07) is 7.44. The predicted molar refractivity (Wildman–Crippen MR) is 80.7 cm³/mol. The number of benzene rings is 1. The number of hydrogen-bond donors (Lipinski definition) is 1. The number of carbonyl (C=O) groups is 1. The summed E-state index contributed by atoms with van der Waals surface area (Å²) < 4.78 is 0. The van der Waals surface area contributed by atoms with Crippen molar-refractivity contribution in [1.29, 1.82) is 0 Å². The van der Waals surface area contributed by atoms with Crippen LogP contribution in [0.3, 0.4) is 0 Å². The van der Waals surface area contributed by atoms with Crippen LogP contribution < -0.4 is 5.73 Å². The highest BCUT2D eigenvalue weighted by Crippen LogP contribution is 2.07. The van der Waals surface area contributed by atoms with Gasteiger partial charge in [0.2, 0.25) is 5.91 Å². The molecular formula is C15H23N3O. The van der Waals surface area contributed by atoms with Crippen LogP contribution in [0, 0.1) is 0 Å². The Morgan fingerprint density at radius 1 is 1.16 bits per heavy atom. The molecule has 1 aromatic carbocycles. The van der Waals surface area contributed by atoms with Crippen LogP contribution in [-0.2, 0) is 4.79 Å². The number of nitrogens with zero attached hydrogens (tertiary/aromatic N) is 2. The van der Waals surface area contributed by atoms with Crippen molar-refractivity contribution in [2.75, 3.05) is 40.0 Å². The molecule has 0 fully saturated rings. The molecule has 0 radical (unpaired) electrons. The number of rotatable bonds is 6. The van der Waals surface area contributed by atoms with E-state index in [2.05, 4.69) is 4.90 Å². The molecular weight excluding hydrogens is 238 g/mol. The molecule has 0 unspecified atom stereocenters. The molecule has 104 valence electrons.